The summed E-state index contributed by atoms with van der Waals surface area (Å²) >= 11 is 1.86. The number of methoxy groups -OCH3 is 1. The van der Waals surface area contributed by atoms with E-state index in [-0.39, 0.29) is 18.0 Å². The number of hydrogen-bond acceptors (Lipinski definition) is 6. The molecule has 0 spiro atoms. The Morgan fingerprint density at radius 3 is 2.59 bits per heavy atom. The van der Waals surface area contributed by atoms with Gasteiger partial charge >= 0.3 is 0 Å². The summed E-state index contributed by atoms with van der Waals surface area (Å²) in [4.78, 5) is 2.21. The first kappa shape index (κ1) is 23.3. The highest BCUT2D eigenvalue weighted by Crippen LogP contribution is 2.43. The second-order valence-corrected chi connectivity index (χ2v) is 10.5. The Morgan fingerprint density at radius 2 is 1.85 bits per heavy atom. The lowest BCUT2D eigenvalue weighted by molar-refractivity contribution is 0.0472. The number of aromatic nitrogens is 3. The first-order valence-corrected chi connectivity index (χ1v) is 12.8. The van der Waals surface area contributed by atoms with Crippen molar-refractivity contribution in [3.8, 4) is 0 Å². The van der Waals surface area contributed by atoms with Gasteiger partial charge in [-0.2, -0.15) is 0 Å². The van der Waals surface area contributed by atoms with E-state index >= 15 is 4.39 Å². The molecule has 0 aliphatic carbocycles. The van der Waals surface area contributed by atoms with Crippen LogP contribution >= 0.6 is 11.9 Å². The van der Waals surface area contributed by atoms with E-state index in [4.69, 9.17) is 4.74 Å². The molecule has 0 bridgehead atoms. The van der Waals surface area contributed by atoms with Crippen molar-refractivity contribution in [1.82, 2.24) is 19.1 Å². The third kappa shape index (κ3) is 4.99. The molecule has 2 aliphatic heterocycles. The minimum Gasteiger partial charge on any atom is -0.377 e. The molecule has 0 saturated carbocycles. The maximum Gasteiger partial charge on any atom is 0.129 e. The number of rotatable bonds is 6. The summed E-state index contributed by atoms with van der Waals surface area (Å²) in [7, 11) is 1.73. The highest BCUT2D eigenvalue weighted by Gasteiger charge is 2.31. The summed E-state index contributed by atoms with van der Waals surface area (Å²) in [5, 5.41) is 8.28. The van der Waals surface area contributed by atoms with Crippen LogP contribution < -0.4 is 4.90 Å². The van der Waals surface area contributed by atoms with Gasteiger partial charge in [0.1, 0.15) is 18.5 Å². The Labute approximate surface area is 205 Å². The fourth-order valence-electron chi connectivity index (χ4n) is 5.07. The van der Waals surface area contributed by atoms with Crippen LogP contribution in [-0.4, -0.2) is 51.4 Å². The zero-order chi connectivity index (χ0) is 23.5. The fraction of sp³-hybridized carbons (Fsp3) is 0.462. The molecule has 2 saturated heterocycles. The number of halogens is 1. The van der Waals surface area contributed by atoms with Gasteiger partial charge in [-0.3, -0.25) is 0 Å². The molecule has 0 amide bonds. The third-order valence-electron chi connectivity index (χ3n) is 7.15. The molecule has 6 nitrogen and oxygen atoms in total. The van der Waals surface area contributed by atoms with Gasteiger partial charge in [0.25, 0.3) is 0 Å². The van der Waals surface area contributed by atoms with Gasteiger partial charge in [0, 0.05) is 49.3 Å². The van der Waals surface area contributed by atoms with Crippen molar-refractivity contribution < 1.29 is 9.13 Å². The third-order valence-corrected chi connectivity index (χ3v) is 8.67. The molecule has 5 rings (SSSR count). The van der Waals surface area contributed by atoms with Gasteiger partial charge in [-0.15, -0.1) is 10.2 Å². The van der Waals surface area contributed by atoms with Gasteiger partial charge in [0.05, 0.1) is 12.1 Å². The average Bonchev–Trinajstić information content (AvgIpc) is 3.41. The zero-order valence-corrected chi connectivity index (χ0v) is 20.6. The number of benzene rings is 2. The second kappa shape index (κ2) is 10.5. The molecule has 8 heteroatoms. The fourth-order valence-corrected chi connectivity index (χ4v) is 6.44. The number of hydrogen-bond donors (Lipinski definition) is 0. The van der Waals surface area contributed by atoms with Crippen molar-refractivity contribution in [2.45, 2.75) is 56.2 Å². The molecule has 1 aromatic heterocycles. The van der Waals surface area contributed by atoms with Crippen LogP contribution in [0, 0.1) is 5.82 Å². The van der Waals surface area contributed by atoms with Gasteiger partial charge in [-0.1, -0.05) is 48.3 Å². The van der Waals surface area contributed by atoms with Crippen LogP contribution in [0.4, 0.5) is 10.1 Å². The van der Waals surface area contributed by atoms with Crippen molar-refractivity contribution in [2.24, 2.45) is 0 Å². The second-order valence-electron chi connectivity index (χ2n) is 9.27. The molecular weight excluding hydrogens is 449 g/mol. The lowest BCUT2D eigenvalue weighted by Gasteiger charge is -2.39. The maximum absolute atomic E-state index is 15.3. The molecule has 180 valence electrons. The van der Waals surface area contributed by atoms with Gasteiger partial charge in [0.2, 0.25) is 0 Å². The van der Waals surface area contributed by atoms with Crippen molar-refractivity contribution in [3.05, 3.63) is 78.1 Å². The van der Waals surface area contributed by atoms with Gasteiger partial charge in [-0.25, -0.2) is 8.70 Å². The molecule has 3 unspecified atom stereocenters. The summed E-state index contributed by atoms with van der Waals surface area (Å²) in [5.74, 6) is -0.137. The van der Waals surface area contributed by atoms with E-state index in [0.29, 0.717) is 24.4 Å². The van der Waals surface area contributed by atoms with E-state index < -0.39 is 0 Å². The van der Waals surface area contributed by atoms with Gasteiger partial charge in [-0.05, 0) is 43.9 Å². The number of nitrogens with zero attached hydrogens (tertiary/aromatic N) is 5. The van der Waals surface area contributed by atoms with Gasteiger partial charge in [0.15, 0.2) is 0 Å². The Kier molecular flexibility index (Phi) is 7.18. The van der Waals surface area contributed by atoms with Crippen LogP contribution in [0.25, 0.3) is 0 Å². The van der Waals surface area contributed by atoms with Crippen LogP contribution in [0.5, 0.6) is 0 Å². The Bertz CT molecular complexity index is 1070. The summed E-state index contributed by atoms with van der Waals surface area (Å²) in [6.45, 7) is 4.39. The van der Waals surface area contributed by atoms with Crippen molar-refractivity contribution >= 4 is 17.6 Å². The monoisotopic (exact) mass is 481 g/mol. The largest absolute Gasteiger partial charge is 0.377 e. The quantitative estimate of drug-likeness (QED) is 0.448. The van der Waals surface area contributed by atoms with E-state index in [9.17, 15) is 0 Å². The summed E-state index contributed by atoms with van der Waals surface area (Å²) in [6, 6.07) is 17.0. The summed E-state index contributed by atoms with van der Waals surface area (Å²) < 4.78 is 25.4. The Hall–Kier alpha value is -2.42. The average molecular weight is 482 g/mol. The molecule has 3 heterocycles. The lowest BCUT2D eigenvalue weighted by Crippen LogP contribution is -2.45. The zero-order valence-electron chi connectivity index (χ0n) is 19.8. The van der Waals surface area contributed by atoms with Crippen molar-refractivity contribution in [1.29, 1.82) is 0 Å². The minimum atomic E-state index is -0.137. The van der Waals surface area contributed by atoms with E-state index in [2.05, 4.69) is 62.7 Å². The summed E-state index contributed by atoms with van der Waals surface area (Å²) in [6.07, 6.45) is 6.63. The molecule has 2 aliphatic rings. The molecule has 0 N–H and O–H groups in total. The van der Waals surface area contributed by atoms with Crippen LogP contribution in [0.3, 0.4) is 0 Å². The lowest BCUT2D eigenvalue weighted by atomic mass is 10.0. The molecule has 2 fully saturated rings. The van der Waals surface area contributed by atoms with Crippen LogP contribution in [0.15, 0.2) is 61.2 Å². The highest BCUT2D eigenvalue weighted by molar-refractivity contribution is 7.97. The van der Waals surface area contributed by atoms with E-state index in [1.54, 1.807) is 25.8 Å². The first-order chi connectivity index (χ1) is 16.6. The molecule has 34 heavy (non-hydrogen) atoms. The predicted molar refractivity (Wildman–Crippen MR) is 134 cm³/mol. The Balaban J connectivity index is 1.26. The number of piperidine rings is 1. The van der Waals surface area contributed by atoms with Gasteiger partial charge < -0.3 is 14.2 Å². The van der Waals surface area contributed by atoms with E-state index in [0.717, 1.165) is 37.1 Å². The topological polar surface area (TPSA) is 46.4 Å². The van der Waals surface area contributed by atoms with E-state index in [1.165, 1.54) is 5.56 Å². The number of ether oxygens (including phenoxy) is 1. The van der Waals surface area contributed by atoms with Crippen LogP contribution in [0.1, 0.15) is 48.6 Å². The predicted octanol–water partition coefficient (Wildman–Crippen LogP) is 5.26. The van der Waals surface area contributed by atoms with E-state index in [1.807, 2.05) is 22.6 Å². The van der Waals surface area contributed by atoms with Crippen LogP contribution in [-0.2, 0) is 11.3 Å². The SMILES string of the molecule is COC1CN(c2ccc(CN3SC(c4ccccc4)CCC3C)c(F)c2)CC[C@H]1n1cnnc1. The number of anilines is 1. The molecule has 2 aromatic carbocycles. The normalized spacial score (nSPS) is 26.0. The molecular formula is C26H32FN5OS. The first-order valence-electron chi connectivity index (χ1n) is 12.0. The van der Waals surface area contributed by atoms with Crippen molar-refractivity contribution in [3.63, 3.8) is 0 Å². The van der Waals surface area contributed by atoms with Crippen LogP contribution in [0.2, 0.25) is 0 Å². The maximum atomic E-state index is 15.3. The molecule has 4 atom stereocenters. The summed E-state index contributed by atoms with van der Waals surface area (Å²) in [5.41, 5.74) is 3.01. The smallest absolute Gasteiger partial charge is 0.129 e. The molecule has 3 aromatic rings. The molecule has 0 radical (unpaired) electrons. The standard InChI is InChI=1S/C26H32FN5OS/c1-19-8-11-26(20-6-4-3-5-7-20)34-32(19)15-21-9-10-22(14-23(21)27)30-13-12-24(25(16-30)33-2)31-17-28-29-18-31/h3-7,9-10,14,17-19,24-26H,8,11-13,15-16H2,1-2H3/t19?,24-,25?,26?/m1/s1. The highest BCUT2D eigenvalue weighted by atomic mass is 32.2. The minimum absolute atomic E-state index is 0.00647. The Morgan fingerprint density at radius 1 is 1.06 bits per heavy atom. The van der Waals surface area contributed by atoms with Crippen molar-refractivity contribution in [2.75, 3.05) is 25.1 Å².